The van der Waals surface area contributed by atoms with Gasteiger partial charge in [0.2, 0.25) is 0 Å². The standard InChI is InChI=1S/C16H24N2O/c1-12-4-2-7-15(9-8-12)18-16(19)14-6-3-5-13(10-14)11-17/h3,5-6,10,12,15H,2,4,7-9,11,17H2,1H3,(H,18,19). The number of hydrogen-bond donors (Lipinski definition) is 2. The minimum absolute atomic E-state index is 0.0369. The molecule has 0 saturated heterocycles. The Morgan fingerprint density at radius 2 is 2.16 bits per heavy atom. The second kappa shape index (κ2) is 6.71. The fourth-order valence-corrected chi connectivity index (χ4v) is 2.74. The first-order chi connectivity index (χ1) is 9.19. The van der Waals surface area contributed by atoms with E-state index in [-0.39, 0.29) is 5.91 Å². The molecule has 1 fully saturated rings. The fraction of sp³-hybridized carbons (Fsp3) is 0.562. The third kappa shape index (κ3) is 4.06. The maximum absolute atomic E-state index is 12.2. The lowest BCUT2D eigenvalue weighted by molar-refractivity contribution is 0.0933. The number of hydrogen-bond acceptors (Lipinski definition) is 2. The zero-order chi connectivity index (χ0) is 13.7. The van der Waals surface area contributed by atoms with Crippen LogP contribution in [0.3, 0.4) is 0 Å². The molecule has 1 aromatic rings. The zero-order valence-electron chi connectivity index (χ0n) is 11.7. The largest absolute Gasteiger partial charge is 0.349 e. The van der Waals surface area contributed by atoms with E-state index in [1.807, 2.05) is 24.3 Å². The van der Waals surface area contributed by atoms with Crippen molar-refractivity contribution in [3.05, 3.63) is 35.4 Å². The van der Waals surface area contributed by atoms with Gasteiger partial charge in [0.15, 0.2) is 0 Å². The average molecular weight is 260 g/mol. The van der Waals surface area contributed by atoms with Gasteiger partial charge in [0.1, 0.15) is 0 Å². The predicted octanol–water partition coefficient (Wildman–Crippen LogP) is 2.84. The summed E-state index contributed by atoms with van der Waals surface area (Å²) in [5.74, 6) is 0.831. The highest BCUT2D eigenvalue weighted by atomic mass is 16.1. The molecule has 1 amide bonds. The summed E-state index contributed by atoms with van der Waals surface area (Å²) in [4.78, 5) is 12.2. The number of nitrogens with one attached hydrogen (secondary N) is 1. The minimum atomic E-state index is 0.0369. The molecular formula is C16H24N2O. The first-order valence-electron chi connectivity index (χ1n) is 7.29. The maximum atomic E-state index is 12.2. The molecular weight excluding hydrogens is 236 g/mol. The predicted molar refractivity (Wildman–Crippen MR) is 77.8 cm³/mol. The van der Waals surface area contributed by atoms with Crippen molar-refractivity contribution in [1.82, 2.24) is 5.32 Å². The van der Waals surface area contributed by atoms with Gasteiger partial charge in [0, 0.05) is 18.2 Å². The third-order valence-electron chi connectivity index (χ3n) is 4.02. The maximum Gasteiger partial charge on any atom is 0.251 e. The summed E-state index contributed by atoms with van der Waals surface area (Å²) in [6.07, 6.45) is 5.92. The molecule has 3 heteroatoms. The summed E-state index contributed by atoms with van der Waals surface area (Å²) in [6, 6.07) is 7.91. The molecule has 0 aromatic heterocycles. The number of nitrogens with two attached hydrogens (primary N) is 1. The van der Waals surface area contributed by atoms with Crippen molar-refractivity contribution >= 4 is 5.91 Å². The molecule has 1 aliphatic carbocycles. The number of carbonyl (C=O) groups excluding carboxylic acids is 1. The van der Waals surface area contributed by atoms with Crippen LogP contribution in [0.4, 0.5) is 0 Å². The molecule has 104 valence electrons. The quantitative estimate of drug-likeness (QED) is 0.821. The summed E-state index contributed by atoms with van der Waals surface area (Å²) in [7, 11) is 0. The summed E-state index contributed by atoms with van der Waals surface area (Å²) in [6.45, 7) is 2.77. The lowest BCUT2D eigenvalue weighted by Gasteiger charge is -2.16. The van der Waals surface area contributed by atoms with Crippen LogP contribution < -0.4 is 11.1 Å². The van der Waals surface area contributed by atoms with E-state index in [0.717, 1.165) is 29.9 Å². The molecule has 1 aliphatic rings. The molecule has 0 bridgehead atoms. The van der Waals surface area contributed by atoms with Crippen LogP contribution in [0.1, 0.15) is 54.9 Å². The lowest BCUT2D eigenvalue weighted by atomic mass is 10.0. The highest BCUT2D eigenvalue weighted by Gasteiger charge is 2.18. The van der Waals surface area contributed by atoms with Crippen LogP contribution in [-0.4, -0.2) is 11.9 Å². The molecule has 0 heterocycles. The first kappa shape index (κ1) is 14.1. The van der Waals surface area contributed by atoms with E-state index in [4.69, 9.17) is 5.73 Å². The normalized spacial score (nSPS) is 23.7. The monoisotopic (exact) mass is 260 g/mol. The minimum Gasteiger partial charge on any atom is -0.349 e. The van der Waals surface area contributed by atoms with E-state index in [0.29, 0.717) is 12.6 Å². The van der Waals surface area contributed by atoms with Crippen LogP contribution in [0.2, 0.25) is 0 Å². The Labute approximate surface area is 115 Å². The average Bonchev–Trinajstić information content (AvgIpc) is 2.64. The van der Waals surface area contributed by atoms with Crippen LogP contribution in [0, 0.1) is 5.92 Å². The topological polar surface area (TPSA) is 55.1 Å². The van der Waals surface area contributed by atoms with Crippen LogP contribution in [-0.2, 0) is 6.54 Å². The molecule has 2 atom stereocenters. The third-order valence-corrected chi connectivity index (χ3v) is 4.02. The Hall–Kier alpha value is -1.35. The molecule has 3 nitrogen and oxygen atoms in total. The summed E-state index contributed by atoms with van der Waals surface area (Å²) < 4.78 is 0. The Balaban J connectivity index is 1.96. The van der Waals surface area contributed by atoms with Crippen molar-refractivity contribution in [2.75, 3.05) is 0 Å². The van der Waals surface area contributed by atoms with E-state index in [9.17, 15) is 4.79 Å². The molecule has 2 rings (SSSR count). The van der Waals surface area contributed by atoms with Gasteiger partial charge in [-0.15, -0.1) is 0 Å². The van der Waals surface area contributed by atoms with Crippen LogP contribution in [0.5, 0.6) is 0 Å². The van der Waals surface area contributed by atoms with Gasteiger partial charge in [-0.2, -0.15) is 0 Å². The van der Waals surface area contributed by atoms with Gasteiger partial charge in [0.05, 0.1) is 0 Å². The van der Waals surface area contributed by atoms with Crippen LogP contribution >= 0.6 is 0 Å². The smallest absolute Gasteiger partial charge is 0.251 e. The first-order valence-corrected chi connectivity index (χ1v) is 7.29. The lowest BCUT2D eigenvalue weighted by Crippen LogP contribution is -2.34. The molecule has 0 radical (unpaired) electrons. The second-order valence-electron chi connectivity index (χ2n) is 5.69. The van der Waals surface area contributed by atoms with Crippen molar-refractivity contribution in [3.8, 4) is 0 Å². The van der Waals surface area contributed by atoms with Gasteiger partial charge < -0.3 is 11.1 Å². The van der Waals surface area contributed by atoms with Crippen molar-refractivity contribution in [2.24, 2.45) is 11.7 Å². The van der Waals surface area contributed by atoms with E-state index >= 15 is 0 Å². The van der Waals surface area contributed by atoms with Crippen LogP contribution in [0.15, 0.2) is 24.3 Å². The zero-order valence-corrected chi connectivity index (χ0v) is 11.7. The number of amides is 1. The van der Waals surface area contributed by atoms with Crippen molar-refractivity contribution in [3.63, 3.8) is 0 Å². The van der Waals surface area contributed by atoms with Gasteiger partial charge in [0.25, 0.3) is 5.91 Å². The Bertz CT molecular complexity index is 431. The summed E-state index contributed by atoms with van der Waals surface area (Å²) >= 11 is 0. The van der Waals surface area contributed by atoms with E-state index in [2.05, 4.69) is 12.2 Å². The van der Waals surface area contributed by atoms with E-state index in [1.165, 1.54) is 19.3 Å². The molecule has 3 N–H and O–H groups in total. The van der Waals surface area contributed by atoms with E-state index < -0.39 is 0 Å². The van der Waals surface area contributed by atoms with Gasteiger partial charge in [-0.05, 0) is 42.9 Å². The second-order valence-corrected chi connectivity index (χ2v) is 5.69. The summed E-state index contributed by atoms with van der Waals surface area (Å²) in [5.41, 5.74) is 7.33. The Morgan fingerprint density at radius 1 is 1.32 bits per heavy atom. The molecule has 1 saturated carbocycles. The molecule has 0 aliphatic heterocycles. The highest BCUT2D eigenvalue weighted by molar-refractivity contribution is 5.94. The van der Waals surface area contributed by atoms with Gasteiger partial charge in [-0.1, -0.05) is 31.9 Å². The molecule has 1 aromatic carbocycles. The SMILES string of the molecule is CC1CCCC(NC(=O)c2cccc(CN)c2)CC1. The van der Waals surface area contributed by atoms with Crippen molar-refractivity contribution in [1.29, 1.82) is 0 Å². The molecule has 2 unspecified atom stereocenters. The van der Waals surface area contributed by atoms with Crippen LogP contribution in [0.25, 0.3) is 0 Å². The molecule has 19 heavy (non-hydrogen) atoms. The van der Waals surface area contributed by atoms with Crippen molar-refractivity contribution < 1.29 is 4.79 Å². The number of rotatable bonds is 3. The Kier molecular flexibility index (Phi) is 4.97. The molecule has 0 spiro atoms. The number of carbonyl (C=O) groups is 1. The van der Waals surface area contributed by atoms with Gasteiger partial charge in [-0.3, -0.25) is 4.79 Å². The number of benzene rings is 1. The van der Waals surface area contributed by atoms with Crippen molar-refractivity contribution in [2.45, 2.75) is 51.6 Å². The van der Waals surface area contributed by atoms with Gasteiger partial charge in [-0.25, -0.2) is 0 Å². The Morgan fingerprint density at radius 3 is 2.95 bits per heavy atom. The summed E-state index contributed by atoms with van der Waals surface area (Å²) in [5, 5.41) is 3.17. The fourth-order valence-electron chi connectivity index (χ4n) is 2.74. The highest BCUT2D eigenvalue weighted by Crippen LogP contribution is 2.22. The van der Waals surface area contributed by atoms with E-state index in [1.54, 1.807) is 0 Å². The van der Waals surface area contributed by atoms with Gasteiger partial charge >= 0.3 is 0 Å².